The minimum absolute atomic E-state index is 0.251. The molecule has 0 aliphatic carbocycles. The molecule has 78 valence electrons. The highest BCUT2D eigenvalue weighted by Gasteiger charge is 1.92. The zero-order valence-corrected chi connectivity index (χ0v) is 9.04. The normalized spacial score (nSPS) is 7.14. The minimum Gasteiger partial charge on any atom is -0.333 e. The van der Waals surface area contributed by atoms with Crippen LogP contribution in [-0.4, -0.2) is 19.0 Å². The van der Waals surface area contributed by atoms with Gasteiger partial charge < -0.3 is 11.1 Å². The largest absolute Gasteiger partial charge is 0.333 e. The predicted octanol–water partition coefficient (Wildman–Crippen LogP) is 2.31. The summed E-state index contributed by atoms with van der Waals surface area (Å²) < 4.78 is 0. The van der Waals surface area contributed by atoms with Crippen LogP contribution in [0.2, 0.25) is 0 Å². The molecule has 0 saturated carbocycles. The first-order valence-electron chi connectivity index (χ1n) is 4.57. The number of nitrogens with one attached hydrogen (secondary N) is 2. The van der Waals surface area contributed by atoms with Crippen molar-refractivity contribution in [2.45, 2.75) is 13.8 Å². The lowest BCUT2D eigenvalue weighted by atomic mass is 10.1. The average Bonchev–Trinajstić information content (AvgIpc) is 2.34. The van der Waals surface area contributed by atoms with Crippen molar-refractivity contribution in [1.82, 2.24) is 0 Å². The molecule has 0 aromatic heterocycles. The second-order valence-electron chi connectivity index (χ2n) is 1.92. The molecule has 0 unspecified atom stereocenters. The first kappa shape index (κ1) is 15.0. The van der Waals surface area contributed by atoms with E-state index in [9.17, 15) is 0 Å². The van der Waals surface area contributed by atoms with Gasteiger partial charge in [0, 0.05) is 11.8 Å². The van der Waals surface area contributed by atoms with Gasteiger partial charge in [-0.05, 0) is 7.05 Å². The molecule has 4 N–H and O–H groups in total. The van der Waals surface area contributed by atoms with Crippen LogP contribution in [-0.2, 0) is 0 Å². The molecule has 0 aliphatic rings. The fourth-order valence-corrected chi connectivity index (χ4v) is 0.701. The van der Waals surface area contributed by atoms with Gasteiger partial charge in [0.05, 0.1) is 5.71 Å². The monoisotopic (exact) mass is 193 g/mol. The Bertz CT molecular complexity index is 242. The van der Waals surface area contributed by atoms with Crippen LogP contribution in [0.25, 0.3) is 0 Å². The summed E-state index contributed by atoms with van der Waals surface area (Å²) in [6, 6.07) is 9.22. The van der Waals surface area contributed by atoms with Crippen molar-refractivity contribution < 1.29 is 0 Å². The van der Waals surface area contributed by atoms with Crippen LogP contribution in [0.3, 0.4) is 0 Å². The van der Waals surface area contributed by atoms with Crippen molar-refractivity contribution in [1.29, 1.82) is 10.8 Å². The molecule has 0 aliphatic heterocycles. The summed E-state index contributed by atoms with van der Waals surface area (Å²) in [5, 5.41) is 14.0. The average molecular weight is 193 g/mol. The maximum absolute atomic E-state index is 7.24. The van der Waals surface area contributed by atoms with Crippen molar-refractivity contribution in [3.8, 4) is 0 Å². The van der Waals surface area contributed by atoms with Crippen molar-refractivity contribution in [2.24, 2.45) is 5.73 Å². The molecule has 0 bridgehead atoms. The molecule has 1 aromatic rings. The molecule has 14 heavy (non-hydrogen) atoms. The molecule has 3 nitrogen and oxygen atoms in total. The topological polar surface area (TPSA) is 73.7 Å². The quantitative estimate of drug-likeness (QED) is 0.619. The molecule has 0 radical (unpaired) electrons. The third-order valence-corrected chi connectivity index (χ3v) is 1.23. The molecule has 0 saturated heterocycles. The van der Waals surface area contributed by atoms with Crippen LogP contribution in [0.15, 0.2) is 30.3 Å². The van der Waals surface area contributed by atoms with E-state index in [4.69, 9.17) is 10.8 Å². The molecule has 0 fully saturated rings. The van der Waals surface area contributed by atoms with E-state index in [0.717, 1.165) is 11.8 Å². The number of rotatable bonds is 2. The summed E-state index contributed by atoms with van der Waals surface area (Å²) in [7, 11) is 1.50. The van der Waals surface area contributed by atoms with Gasteiger partial charge in [0.1, 0.15) is 0 Å². The summed E-state index contributed by atoms with van der Waals surface area (Å²) in [5.74, 6) is 0. The van der Waals surface area contributed by atoms with E-state index in [0.29, 0.717) is 0 Å². The van der Waals surface area contributed by atoms with E-state index in [1.807, 2.05) is 44.2 Å². The Morgan fingerprint density at radius 3 is 1.93 bits per heavy atom. The maximum atomic E-state index is 7.24. The van der Waals surface area contributed by atoms with Crippen LogP contribution in [0, 0.1) is 10.8 Å². The number of nitrogens with two attached hydrogens (primary N) is 1. The van der Waals surface area contributed by atoms with E-state index in [1.54, 1.807) is 0 Å². The lowest BCUT2D eigenvalue weighted by Gasteiger charge is -1.93. The molecule has 0 spiro atoms. The Morgan fingerprint density at radius 2 is 1.57 bits per heavy atom. The Morgan fingerprint density at radius 1 is 1.14 bits per heavy atom. The Hall–Kier alpha value is -1.48. The van der Waals surface area contributed by atoms with Crippen LogP contribution < -0.4 is 5.73 Å². The molecule has 0 amide bonds. The van der Waals surface area contributed by atoms with Gasteiger partial charge in [-0.2, -0.15) is 0 Å². The Balaban J connectivity index is 0. The molecule has 0 atom stereocenters. The van der Waals surface area contributed by atoms with Gasteiger partial charge in [-0.1, -0.05) is 44.2 Å². The summed E-state index contributed by atoms with van der Waals surface area (Å²) in [6.07, 6.45) is 1.04. The zero-order chi connectivity index (χ0) is 11.4. The van der Waals surface area contributed by atoms with Crippen molar-refractivity contribution in [3.05, 3.63) is 35.9 Å². The molecule has 3 heteroatoms. The van der Waals surface area contributed by atoms with Crippen LogP contribution in [0.4, 0.5) is 0 Å². The first-order chi connectivity index (χ1) is 6.84. The third kappa shape index (κ3) is 6.08. The number of benzene rings is 1. The zero-order valence-electron chi connectivity index (χ0n) is 9.04. The van der Waals surface area contributed by atoms with Gasteiger partial charge in [0.2, 0.25) is 0 Å². The third-order valence-electron chi connectivity index (χ3n) is 1.23. The summed E-state index contributed by atoms with van der Waals surface area (Å²) in [4.78, 5) is 0. The lowest BCUT2D eigenvalue weighted by molar-refractivity contribution is 1.48. The molecular formula is C11H19N3. The number of hydrogen-bond donors (Lipinski definition) is 3. The fourth-order valence-electron chi connectivity index (χ4n) is 0.701. The second kappa shape index (κ2) is 11.5. The van der Waals surface area contributed by atoms with E-state index < -0.39 is 0 Å². The highest BCUT2D eigenvalue weighted by molar-refractivity contribution is 6.35. The maximum Gasteiger partial charge on any atom is 0.0787 e. The van der Waals surface area contributed by atoms with E-state index in [1.165, 1.54) is 7.05 Å². The van der Waals surface area contributed by atoms with E-state index >= 15 is 0 Å². The van der Waals surface area contributed by atoms with Crippen LogP contribution in [0.5, 0.6) is 0 Å². The SMILES string of the molecule is CC.CN.N=CC(=N)c1ccccc1. The predicted molar refractivity (Wildman–Crippen MR) is 63.5 cm³/mol. The van der Waals surface area contributed by atoms with Crippen molar-refractivity contribution in [2.75, 3.05) is 7.05 Å². The molecule has 1 aromatic carbocycles. The summed E-state index contributed by atoms with van der Waals surface area (Å²) in [5.41, 5.74) is 5.54. The summed E-state index contributed by atoms with van der Waals surface area (Å²) in [6.45, 7) is 4.00. The second-order valence-corrected chi connectivity index (χ2v) is 1.92. The first-order valence-corrected chi connectivity index (χ1v) is 4.57. The van der Waals surface area contributed by atoms with Gasteiger partial charge in [0.15, 0.2) is 0 Å². The van der Waals surface area contributed by atoms with E-state index in [-0.39, 0.29) is 5.71 Å². The minimum atomic E-state index is 0.251. The van der Waals surface area contributed by atoms with Gasteiger partial charge in [-0.25, -0.2) is 0 Å². The fraction of sp³-hybridized carbons (Fsp3) is 0.273. The van der Waals surface area contributed by atoms with Crippen LogP contribution in [0.1, 0.15) is 19.4 Å². The van der Waals surface area contributed by atoms with Crippen molar-refractivity contribution in [3.63, 3.8) is 0 Å². The number of hydrogen-bond acceptors (Lipinski definition) is 3. The molecular weight excluding hydrogens is 174 g/mol. The van der Waals surface area contributed by atoms with E-state index in [2.05, 4.69) is 5.73 Å². The molecule has 0 heterocycles. The van der Waals surface area contributed by atoms with Crippen LogP contribution >= 0.6 is 0 Å². The lowest BCUT2D eigenvalue weighted by Crippen LogP contribution is -1.97. The smallest absolute Gasteiger partial charge is 0.0787 e. The Labute approximate surface area is 86.0 Å². The van der Waals surface area contributed by atoms with Gasteiger partial charge in [0.25, 0.3) is 0 Å². The van der Waals surface area contributed by atoms with Gasteiger partial charge in [-0.15, -0.1) is 0 Å². The standard InChI is InChI=1S/C8H8N2.C2H6.CH5N/c9-6-8(10)7-4-2-1-3-5-7;2*1-2/h1-6,9-10H;1-2H3;2H2,1H3. The summed E-state index contributed by atoms with van der Waals surface area (Å²) >= 11 is 0. The highest BCUT2D eigenvalue weighted by atomic mass is 14.5. The van der Waals surface area contributed by atoms with Gasteiger partial charge in [-0.3, -0.25) is 5.41 Å². The molecule has 1 rings (SSSR count). The van der Waals surface area contributed by atoms with Gasteiger partial charge >= 0.3 is 0 Å². The highest BCUT2D eigenvalue weighted by Crippen LogP contribution is 1.96. The Kier molecular flexibility index (Phi) is 12.4. The van der Waals surface area contributed by atoms with Crippen molar-refractivity contribution >= 4 is 11.9 Å².